The topological polar surface area (TPSA) is 45.4 Å². The molecule has 120 valence electrons. The van der Waals surface area contributed by atoms with E-state index in [1.807, 2.05) is 18.2 Å². The number of nitrogens with two attached hydrogens (primary N) is 1. The van der Waals surface area contributed by atoms with Crippen LogP contribution in [0.3, 0.4) is 0 Å². The normalized spacial score (nSPS) is 21.9. The highest BCUT2D eigenvalue weighted by Gasteiger charge is 2.29. The van der Waals surface area contributed by atoms with Gasteiger partial charge in [0.05, 0.1) is 5.69 Å². The number of benzene rings is 1. The van der Waals surface area contributed by atoms with Crippen molar-refractivity contribution in [3.63, 3.8) is 0 Å². The molecule has 0 saturated carbocycles. The van der Waals surface area contributed by atoms with Crippen LogP contribution in [0, 0.1) is 0 Å². The van der Waals surface area contributed by atoms with Crippen molar-refractivity contribution in [3.05, 3.63) is 42.5 Å². The van der Waals surface area contributed by atoms with E-state index < -0.39 is 0 Å². The Kier molecular flexibility index (Phi) is 3.92. The molecule has 0 amide bonds. The van der Waals surface area contributed by atoms with Crippen LogP contribution in [-0.4, -0.2) is 42.1 Å². The zero-order chi connectivity index (χ0) is 15.6. The number of anilines is 2. The lowest BCUT2D eigenvalue weighted by atomic mass is 10.1. The Labute approximate surface area is 137 Å². The van der Waals surface area contributed by atoms with Crippen molar-refractivity contribution < 1.29 is 0 Å². The molecule has 1 aromatic carbocycles. The number of nitrogens with zero attached hydrogens (tertiary/aromatic N) is 3. The Hall–Kier alpha value is -2.07. The van der Waals surface area contributed by atoms with Gasteiger partial charge in [-0.2, -0.15) is 0 Å². The van der Waals surface area contributed by atoms with Gasteiger partial charge in [0.2, 0.25) is 0 Å². The summed E-state index contributed by atoms with van der Waals surface area (Å²) in [6.45, 7) is 4.76. The molecule has 2 aromatic rings. The van der Waals surface area contributed by atoms with Crippen LogP contribution in [0.2, 0.25) is 0 Å². The molecule has 4 rings (SSSR count). The van der Waals surface area contributed by atoms with Crippen LogP contribution in [0.15, 0.2) is 42.5 Å². The van der Waals surface area contributed by atoms with Gasteiger partial charge in [0.15, 0.2) is 0 Å². The minimum atomic E-state index is 0.704. The van der Waals surface area contributed by atoms with Crippen molar-refractivity contribution in [3.8, 4) is 11.3 Å². The minimum absolute atomic E-state index is 0.704. The number of pyridine rings is 1. The maximum absolute atomic E-state index is 5.90. The molecule has 1 aromatic heterocycles. The standard InChI is InChI=1S/C19H24N4/c20-16-6-3-5-15(13-16)18-7-4-8-19(21-18)23-12-9-17(14-23)22-10-1-2-11-22/h3-8,13,17H,1-2,9-12,14,20H2. The molecular formula is C19H24N4. The maximum atomic E-state index is 5.90. The Morgan fingerprint density at radius 1 is 1.00 bits per heavy atom. The molecule has 2 fully saturated rings. The molecule has 4 nitrogen and oxygen atoms in total. The van der Waals surface area contributed by atoms with Crippen molar-refractivity contribution in [1.29, 1.82) is 0 Å². The first kappa shape index (κ1) is 14.5. The average molecular weight is 308 g/mol. The van der Waals surface area contributed by atoms with Gasteiger partial charge >= 0.3 is 0 Å². The number of aromatic nitrogens is 1. The fraction of sp³-hybridized carbons (Fsp3) is 0.421. The van der Waals surface area contributed by atoms with Crippen LogP contribution in [-0.2, 0) is 0 Å². The molecule has 2 N–H and O–H groups in total. The molecule has 2 saturated heterocycles. The summed E-state index contributed by atoms with van der Waals surface area (Å²) in [4.78, 5) is 9.96. The van der Waals surface area contributed by atoms with Gasteiger partial charge in [0, 0.05) is 30.4 Å². The van der Waals surface area contributed by atoms with Gasteiger partial charge in [-0.05, 0) is 56.6 Å². The number of likely N-dealkylation sites (tertiary alicyclic amines) is 1. The summed E-state index contributed by atoms with van der Waals surface area (Å²) in [5, 5.41) is 0. The SMILES string of the molecule is Nc1cccc(-c2cccc(N3CCC(N4CCCC4)C3)n2)c1. The molecule has 3 heterocycles. The molecule has 23 heavy (non-hydrogen) atoms. The molecule has 1 atom stereocenters. The predicted octanol–water partition coefficient (Wildman–Crippen LogP) is 3.01. The van der Waals surface area contributed by atoms with Gasteiger partial charge < -0.3 is 10.6 Å². The van der Waals surface area contributed by atoms with E-state index in [0.29, 0.717) is 6.04 Å². The van der Waals surface area contributed by atoms with Gasteiger partial charge in [-0.25, -0.2) is 4.98 Å². The summed E-state index contributed by atoms with van der Waals surface area (Å²) < 4.78 is 0. The van der Waals surface area contributed by atoms with Crippen LogP contribution in [0.25, 0.3) is 11.3 Å². The molecule has 0 aliphatic carbocycles. The molecule has 0 bridgehead atoms. The Morgan fingerprint density at radius 3 is 2.65 bits per heavy atom. The largest absolute Gasteiger partial charge is 0.399 e. The van der Waals surface area contributed by atoms with Crippen molar-refractivity contribution in [2.24, 2.45) is 0 Å². The highest BCUT2D eigenvalue weighted by Crippen LogP contribution is 2.26. The van der Waals surface area contributed by atoms with Gasteiger partial charge in [-0.3, -0.25) is 4.90 Å². The van der Waals surface area contributed by atoms with Crippen molar-refractivity contribution >= 4 is 11.5 Å². The first-order valence-corrected chi connectivity index (χ1v) is 8.61. The third-order valence-corrected chi connectivity index (χ3v) is 5.06. The van der Waals surface area contributed by atoms with E-state index in [0.717, 1.165) is 35.9 Å². The third kappa shape index (κ3) is 3.04. The number of nitrogen functional groups attached to an aromatic ring is 1. The number of rotatable bonds is 3. The first-order chi connectivity index (χ1) is 11.3. The van der Waals surface area contributed by atoms with E-state index in [9.17, 15) is 0 Å². The summed E-state index contributed by atoms with van der Waals surface area (Å²) in [5.74, 6) is 1.09. The molecular weight excluding hydrogens is 284 g/mol. The quantitative estimate of drug-likeness (QED) is 0.885. The molecule has 1 unspecified atom stereocenters. The summed E-state index contributed by atoms with van der Waals surface area (Å²) in [5.41, 5.74) is 8.77. The average Bonchev–Trinajstić information content (AvgIpc) is 3.26. The fourth-order valence-electron chi connectivity index (χ4n) is 3.81. The summed E-state index contributed by atoms with van der Waals surface area (Å²) >= 11 is 0. The molecule has 2 aliphatic rings. The van der Waals surface area contributed by atoms with Gasteiger partial charge in [-0.15, -0.1) is 0 Å². The van der Waals surface area contributed by atoms with Crippen molar-refractivity contribution in [1.82, 2.24) is 9.88 Å². The summed E-state index contributed by atoms with van der Waals surface area (Å²) in [6, 6.07) is 14.9. The summed E-state index contributed by atoms with van der Waals surface area (Å²) in [7, 11) is 0. The first-order valence-electron chi connectivity index (χ1n) is 8.61. The fourth-order valence-corrected chi connectivity index (χ4v) is 3.81. The maximum Gasteiger partial charge on any atom is 0.129 e. The Balaban J connectivity index is 1.52. The van der Waals surface area contributed by atoms with Crippen LogP contribution < -0.4 is 10.6 Å². The zero-order valence-corrected chi connectivity index (χ0v) is 13.5. The van der Waals surface area contributed by atoms with Crippen molar-refractivity contribution in [2.45, 2.75) is 25.3 Å². The van der Waals surface area contributed by atoms with Crippen molar-refractivity contribution in [2.75, 3.05) is 36.8 Å². The Bertz CT molecular complexity index is 679. The Morgan fingerprint density at radius 2 is 1.83 bits per heavy atom. The molecule has 4 heteroatoms. The minimum Gasteiger partial charge on any atom is -0.399 e. The predicted molar refractivity (Wildman–Crippen MR) is 95.5 cm³/mol. The third-order valence-electron chi connectivity index (χ3n) is 5.06. The van der Waals surface area contributed by atoms with E-state index in [2.05, 4.69) is 34.1 Å². The van der Waals surface area contributed by atoms with E-state index in [1.165, 1.54) is 32.4 Å². The molecule has 2 aliphatic heterocycles. The lowest BCUT2D eigenvalue weighted by molar-refractivity contribution is 0.260. The van der Waals surface area contributed by atoms with E-state index in [1.54, 1.807) is 0 Å². The lowest BCUT2D eigenvalue weighted by Gasteiger charge is -2.24. The second-order valence-corrected chi connectivity index (χ2v) is 6.64. The second kappa shape index (κ2) is 6.20. The van der Waals surface area contributed by atoms with Crippen LogP contribution >= 0.6 is 0 Å². The smallest absolute Gasteiger partial charge is 0.129 e. The highest BCUT2D eigenvalue weighted by molar-refractivity contribution is 5.65. The lowest BCUT2D eigenvalue weighted by Crippen LogP contribution is -2.35. The van der Waals surface area contributed by atoms with E-state index >= 15 is 0 Å². The van der Waals surface area contributed by atoms with Gasteiger partial charge in [-0.1, -0.05) is 18.2 Å². The van der Waals surface area contributed by atoms with Crippen LogP contribution in [0.5, 0.6) is 0 Å². The number of hydrogen-bond donors (Lipinski definition) is 1. The number of hydrogen-bond acceptors (Lipinski definition) is 4. The molecule has 0 radical (unpaired) electrons. The van der Waals surface area contributed by atoms with Gasteiger partial charge in [0.1, 0.15) is 5.82 Å². The highest BCUT2D eigenvalue weighted by atomic mass is 15.3. The monoisotopic (exact) mass is 308 g/mol. The van der Waals surface area contributed by atoms with E-state index in [-0.39, 0.29) is 0 Å². The summed E-state index contributed by atoms with van der Waals surface area (Å²) in [6.07, 6.45) is 3.98. The van der Waals surface area contributed by atoms with E-state index in [4.69, 9.17) is 10.7 Å². The van der Waals surface area contributed by atoms with Crippen LogP contribution in [0.1, 0.15) is 19.3 Å². The van der Waals surface area contributed by atoms with Crippen LogP contribution in [0.4, 0.5) is 11.5 Å². The second-order valence-electron chi connectivity index (χ2n) is 6.64. The zero-order valence-electron chi connectivity index (χ0n) is 13.5. The molecule has 0 spiro atoms. The van der Waals surface area contributed by atoms with Gasteiger partial charge in [0.25, 0.3) is 0 Å².